The molecule has 0 aliphatic carbocycles. The normalized spacial score (nSPS) is 11.2. The van der Waals surface area contributed by atoms with Gasteiger partial charge in [-0.25, -0.2) is 0 Å². The number of ketones is 1. The van der Waals surface area contributed by atoms with E-state index in [0.29, 0.717) is 0 Å². The lowest BCUT2D eigenvalue weighted by Crippen LogP contribution is -2.18. The third kappa shape index (κ3) is 4.10. The smallest absolute Gasteiger partial charge is 0.493 e. The first-order valence-electron chi connectivity index (χ1n) is 4.90. The predicted molar refractivity (Wildman–Crippen MR) is 59.3 cm³/mol. The van der Waals surface area contributed by atoms with Gasteiger partial charge in [0.15, 0.2) is 17.3 Å². The predicted octanol–water partition coefficient (Wildman–Crippen LogP) is 3.41. The molecule has 7 heteroatoms. The van der Waals surface area contributed by atoms with Gasteiger partial charge in [0.1, 0.15) is 0 Å². The van der Waals surface area contributed by atoms with E-state index in [9.17, 15) is 18.0 Å². The third-order valence-corrected chi connectivity index (χ3v) is 2.22. The number of benzene rings is 1. The van der Waals surface area contributed by atoms with Crippen molar-refractivity contribution >= 4 is 17.4 Å². The Morgan fingerprint density at radius 3 is 2.50 bits per heavy atom. The lowest BCUT2D eigenvalue weighted by molar-refractivity contribution is -0.275. The molecule has 0 bridgehead atoms. The molecule has 1 rings (SSSR count). The van der Waals surface area contributed by atoms with Crippen molar-refractivity contribution in [1.82, 2.24) is 0 Å². The van der Waals surface area contributed by atoms with Crippen molar-refractivity contribution in [3.05, 3.63) is 23.8 Å². The molecule has 1 aromatic carbocycles. The average Bonchev–Trinajstić information content (AvgIpc) is 2.27. The Bertz CT molecular complexity index is 432. The van der Waals surface area contributed by atoms with Gasteiger partial charge in [-0.2, -0.15) is 0 Å². The van der Waals surface area contributed by atoms with Gasteiger partial charge in [0.05, 0.1) is 7.11 Å². The molecule has 0 radical (unpaired) electrons. The van der Waals surface area contributed by atoms with E-state index < -0.39 is 12.1 Å². The fourth-order valence-electron chi connectivity index (χ4n) is 1.28. The molecule has 18 heavy (non-hydrogen) atoms. The summed E-state index contributed by atoms with van der Waals surface area (Å²) < 4.78 is 45.0. The Morgan fingerprint density at radius 1 is 1.33 bits per heavy atom. The maximum absolute atomic E-state index is 12.2. The summed E-state index contributed by atoms with van der Waals surface area (Å²) in [6, 6.07) is 3.58. The number of methoxy groups -OCH3 is 1. The van der Waals surface area contributed by atoms with Crippen molar-refractivity contribution in [2.75, 3.05) is 13.0 Å². The molecule has 1 aromatic rings. The number of hydrogen-bond donors (Lipinski definition) is 0. The second kappa shape index (κ2) is 5.95. The summed E-state index contributed by atoms with van der Waals surface area (Å²) in [4.78, 5) is 11.5. The van der Waals surface area contributed by atoms with Crippen molar-refractivity contribution in [2.45, 2.75) is 12.8 Å². The highest BCUT2D eigenvalue weighted by atomic mass is 35.5. The first kappa shape index (κ1) is 14.6. The lowest BCUT2D eigenvalue weighted by atomic mass is 10.1. The fourth-order valence-corrected chi connectivity index (χ4v) is 1.46. The van der Waals surface area contributed by atoms with Gasteiger partial charge in [0.2, 0.25) is 0 Å². The molecule has 0 saturated carbocycles. The highest BCUT2D eigenvalue weighted by Crippen LogP contribution is 2.33. The van der Waals surface area contributed by atoms with E-state index >= 15 is 0 Å². The molecular formula is C11H10ClF3O3. The Balaban J connectivity index is 3.05. The van der Waals surface area contributed by atoms with Crippen LogP contribution in [0.25, 0.3) is 0 Å². The molecule has 3 nitrogen and oxygen atoms in total. The van der Waals surface area contributed by atoms with E-state index in [1.54, 1.807) is 0 Å². The summed E-state index contributed by atoms with van der Waals surface area (Å²) in [6.07, 6.45) is -4.80. The van der Waals surface area contributed by atoms with Gasteiger partial charge in [0.25, 0.3) is 0 Å². The summed E-state index contributed by atoms with van der Waals surface area (Å²) >= 11 is 5.39. The maximum atomic E-state index is 12.2. The van der Waals surface area contributed by atoms with E-state index in [0.717, 1.165) is 6.07 Å². The first-order valence-corrected chi connectivity index (χ1v) is 5.44. The number of carbonyl (C=O) groups excluding carboxylic acids is 1. The molecule has 0 unspecified atom stereocenters. The molecule has 0 atom stereocenters. The molecule has 0 heterocycles. The highest BCUT2D eigenvalue weighted by Gasteiger charge is 2.32. The molecule has 0 N–H and O–H groups in total. The molecule has 0 aliphatic heterocycles. The van der Waals surface area contributed by atoms with Gasteiger partial charge in [-0.3, -0.25) is 4.79 Å². The summed E-state index contributed by atoms with van der Waals surface area (Å²) in [7, 11) is 1.21. The van der Waals surface area contributed by atoms with Crippen LogP contribution in [-0.2, 0) is 0 Å². The number of rotatable bonds is 5. The number of alkyl halides is 4. The number of carbonyl (C=O) groups is 1. The Kier molecular flexibility index (Phi) is 4.84. The van der Waals surface area contributed by atoms with Gasteiger partial charge in [0, 0.05) is 17.9 Å². The van der Waals surface area contributed by atoms with Gasteiger partial charge < -0.3 is 9.47 Å². The molecule has 0 aliphatic rings. The molecule has 0 amide bonds. The van der Waals surface area contributed by atoms with E-state index in [4.69, 9.17) is 16.3 Å². The van der Waals surface area contributed by atoms with Crippen molar-refractivity contribution < 1.29 is 27.4 Å². The summed E-state index contributed by atoms with van der Waals surface area (Å²) in [5.41, 5.74) is 0.0932. The average molecular weight is 283 g/mol. The number of hydrogen-bond acceptors (Lipinski definition) is 3. The van der Waals surface area contributed by atoms with Crippen molar-refractivity contribution in [1.29, 1.82) is 0 Å². The molecule has 0 saturated heterocycles. The zero-order chi connectivity index (χ0) is 13.8. The zero-order valence-corrected chi connectivity index (χ0v) is 10.1. The number of ether oxygens (including phenoxy) is 2. The minimum atomic E-state index is -4.85. The largest absolute Gasteiger partial charge is 0.573 e. The van der Waals surface area contributed by atoms with Crippen LogP contribution in [0.15, 0.2) is 18.2 Å². The van der Waals surface area contributed by atoms with Crippen LogP contribution in [0, 0.1) is 0 Å². The molecular weight excluding hydrogens is 273 g/mol. The SMILES string of the molecule is COc1ccc(C(=O)CCCl)cc1OC(F)(F)F. The Hall–Kier alpha value is -1.43. The highest BCUT2D eigenvalue weighted by molar-refractivity contribution is 6.19. The number of Topliss-reactive ketones (excluding diaryl/α,β-unsaturated/α-hetero) is 1. The number of halogens is 4. The fraction of sp³-hybridized carbons (Fsp3) is 0.364. The van der Waals surface area contributed by atoms with Crippen LogP contribution in [0.2, 0.25) is 0 Å². The zero-order valence-electron chi connectivity index (χ0n) is 9.38. The molecule has 100 valence electrons. The second-order valence-corrected chi connectivity index (χ2v) is 3.65. The molecule has 0 fully saturated rings. The van der Waals surface area contributed by atoms with Crippen molar-refractivity contribution in [2.24, 2.45) is 0 Å². The topological polar surface area (TPSA) is 35.5 Å². The molecule has 0 spiro atoms. The first-order chi connectivity index (χ1) is 8.37. The summed E-state index contributed by atoms with van der Waals surface area (Å²) in [5, 5.41) is 0. The van der Waals surface area contributed by atoms with Gasteiger partial charge in [-0.05, 0) is 18.2 Å². The van der Waals surface area contributed by atoms with Gasteiger partial charge in [-0.1, -0.05) is 0 Å². The van der Waals surface area contributed by atoms with Crippen LogP contribution >= 0.6 is 11.6 Å². The van der Waals surface area contributed by atoms with Gasteiger partial charge >= 0.3 is 6.36 Å². The monoisotopic (exact) mass is 282 g/mol. The van der Waals surface area contributed by atoms with Crippen molar-refractivity contribution in [3.63, 3.8) is 0 Å². The second-order valence-electron chi connectivity index (χ2n) is 3.28. The standard InChI is InChI=1S/C11H10ClF3O3/c1-17-9-3-2-7(8(16)4-5-12)6-10(9)18-11(13,14)15/h2-3,6H,4-5H2,1H3. The lowest BCUT2D eigenvalue weighted by Gasteiger charge is -2.13. The Morgan fingerprint density at radius 2 is 2.00 bits per heavy atom. The minimum absolute atomic E-state index is 0.0410. The van der Waals surface area contributed by atoms with Crippen LogP contribution in [-0.4, -0.2) is 25.1 Å². The van der Waals surface area contributed by atoms with Crippen LogP contribution in [0.5, 0.6) is 11.5 Å². The van der Waals surface area contributed by atoms with Crippen LogP contribution in [0.4, 0.5) is 13.2 Å². The van der Waals surface area contributed by atoms with Gasteiger partial charge in [-0.15, -0.1) is 24.8 Å². The summed E-state index contributed by atoms with van der Waals surface area (Å²) in [5.74, 6) is -0.916. The van der Waals surface area contributed by atoms with E-state index in [2.05, 4.69) is 4.74 Å². The van der Waals surface area contributed by atoms with Crippen LogP contribution in [0.1, 0.15) is 16.8 Å². The molecule has 0 aromatic heterocycles. The third-order valence-electron chi connectivity index (χ3n) is 2.03. The Labute approximate surface area is 106 Å². The van der Waals surface area contributed by atoms with Crippen LogP contribution < -0.4 is 9.47 Å². The maximum Gasteiger partial charge on any atom is 0.573 e. The van der Waals surface area contributed by atoms with Crippen LogP contribution in [0.3, 0.4) is 0 Å². The van der Waals surface area contributed by atoms with E-state index in [1.165, 1.54) is 19.2 Å². The van der Waals surface area contributed by atoms with Crippen molar-refractivity contribution in [3.8, 4) is 11.5 Å². The van der Waals surface area contributed by atoms with E-state index in [-0.39, 0.29) is 29.4 Å². The summed E-state index contributed by atoms with van der Waals surface area (Å²) in [6.45, 7) is 0. The quantitative estimate of drug-likeness (QED) is 0.613. The minimum Gasteiger partial charge on any atom is -0.493 e. The van der Waals surface area contributed by atoms with E-state index in [1.807, 2.05) is 0 Å².